The maximum absolute atomic E-state index is 11.1. The Kier molecular flexibility index (Phi) is 1.74. The average molecular weight is 232 g/mol. The summed E-state index contributed by atoms with van der Waals surface area (Å²) in [5, 5.41) is 0. The molecule has 1 heterocycles. The topological polar surface area (TPSA) is 56.0 Å². The zero-order chi connectivity index (χ0) is 11.6. The number of carbonyl (C=O) groups excluding carboxylic acids is 1. The fourth-order valence-electron chi connectivity index (χ4n) is 0.880. The van der Waals surface area contributed by atoms with E-state index in [2.05, 4.69) is 20.9 Å². The molecule has 0 aliphatic rings. The highest BCUT2D eigenvalue weighted by Gasteiger charge is 2.10. The number of aryl methyl sites for hydroxylation is 1. The van der Waals surface area contributed by atoms with Gasteiger partial charge < -0.3 is 5.73 Å². The van der Waals surface area contributed by atoms with Crippen molar-refractivity contribution in [1.82, 2.24) is 4.98 Å². The molecule has 0 atom stereocenters. The molecule has 0 unspecified atom stereocenters. The largest absolute Gasteiger partial charge is 0.366 e. The van der Waals surface area contributed by atoms with Gasteiger partial charge in [-0.25, -0.2) is 4.98 Å². The quantitative estimate of drug-likeness (QED) is 0.785. The molecule has 0 aliphatic heterocycles. The van der Waals surface area contributed by atoms with Crippen molar-refractivity contribution in [2.45, 2.75) is 13.3 Å². The summed E-state index contributed by atoms with van der Waals surface area (Å²) in [7, 11) is 0. The molecule has 0 saturated heterocycles. The normalized spacial score (nSPS) is 14.6. The number of nitrogens with zero attached hydrogens (tertiary/aromatic N) is 1. The molecule has 0 radical (unpaired) electrons. The van der Waals surface area contributed by atoms with Gasteiger partial charge in [-0.3, -0.25) is 4.79 Å². The molecular formula is C8H9BrN2O. The third-order valence-electron chi connectivity index (χ3n) is 1.43. The molecule has 1 aromatic heterocycles. The Morgan fingerprint density at radius 3 is 3.25 bits per heavy atom. The lowest BCUT2D eigenvalue weighted by molar-refractivity contribution is 0.0998. The summed E-state index contributed by atoms with van der Waals surface area (Å²) in [5.74, 6) is -0.686. The van der Waals surface area contributed by atoms with Crippen LogP contribution in [0.3, 0.4) is 0 Å². The van der Waals surface area contributed by atoms with E-state index >= 15 is 0 Å². The SMILES string of the molecule is [2H]C([2H])([2H])Cc1ccnc(Br)c1C(N)=O. The molecule has 0 fully saturated rings. The Hall–Kier alpha value is -0.900. The standard InChI is InChI=1S/C8H9BrN2O/c1-2-5-3-4-11-7(9)6(5)8(10)12/h3-4H,2H2,1H3,(H2,10,12)/i1D3. The first kappa shape index (κ1) is 5.70. The van der Waals surface area contributed by atoms with E-state index in [9.17, 15) is 4.79 Å². The van der Waals surface area contributed by atoms with Gasteiger partial charge in [0.15, 0.2) is 0 Å². The zero-order valence-electron chi connectivity index (χ0n) is 9.17. The molecule has 0 bridgehead atoms. The molecule has 3 nitrogen and oxygen atoms in total. The minimum Gasteiger partial charge on any atom is -0.366 e. The number of hydrogen-bond acceptors (Lipinski definition) is 2. The fraction of sp³-hybridized carbons (Fsp3) is 0.250. The van der Waals surface area contributed by atoms with Crippen molar-refractivity contribution in [3.05, 3.63) is 28.0 Å². The first-order valence-corrected chi connectivity index (χ1v) is 4.04. The maximum Gasteiger partial charge on any atom is 0.251 e. The number of aromatic nitrogens is 1. The predicted octanol–water partition coefficient (Wildman–Crippen LogP) is 1.51. The smallest absolute Gasteiger partial charge is 0.251 e. The van der Waals surface area contributed by atoms with Gasteiger partial charge in [-0.1, -0.05) is 6.85 Å². The predicted molar refractivity (Wildman–Crippen MR) is 49.8 cm³/mol. The molecule has 0 aliphatic carbocycles. The lowest BCUT2D eigenvalue weighted by Crippen LogP contribution is -2.15. The first-order chi connectivity index (χ1) is 6.81. The maximum atomic E-state index is 11.1. The lowest BCUT2D eigenvalue weighted by atomic mass is 10.1. The molecule has 64 valence electrons. The lowest BCUT2D eigenvalue weighted by Gasteiger charge is -2.04. The van der Waals surface area contributed by atoms with Gasteiger partial charge in [0.1, 0.15) is 4.60 Å². The number of halogens is 1. The first-order valence-electron chi connectivity index (χ1n) is 4.74. The van der Waals surface area contributed by atoms with Crippen molar-refractivity contribution in [3.63, 3.8) is 0 Å². The Morgan fingerprint density at radius 1 is 1.92 bits per heavy atom. The zero-order valence-corrected chi connectivity index (χ0v) is 7.76. The molecule has 0 aromatic carbocycles. The van der Waals surface area contributed by atoms with Crippen molar-refractivity contribution < 1.29 is 8.91 Å². The molecule has 12 heavy (non-hydrogen) atoms. The van der Waals surface area contributed by atoms with Gasteiger partial charge in [0.25, 0.3) is 5.91 Å². The number of rotatable bonds is 2. The van der Waals surface area contributed by atoms with Crippen molar-refractivity contribution >= 4 is 21.8 Å². The van der Waals surface area contributed by atoms with E-state index in [1.54, 1.807) is 0 Å². The van der Waals surface area contributed by atoms with Gasteiger partial charge in [-0.15, -0.1) is 0 Å². The third kappa shape index (κ3) is 1.64. The molecule has 1 amide bonds. The Balaban J connectivity index is 3.18. The third-order valence-corrected chi connectivity index (χ3v) is 2.03. The number of nitrogens with two attached hydrogens (primary N) is 1. The van der Waals surface area contributed by atoms with E-state index in [1.165, 1.54) is 12.3 Å². The highest BCUT2D eigenvalue weighted by Crippen LogP contribution is 2.17. The second kappa shape index (κ2) is 3.67. The number of pyridine rings is 1. The van der Waals surface area contributed by atoms with Crippen LogP contribution >= 0.6 is 15.9 Å². The monoisotopic (exact) mass is 231 g/mol. The van der Waals surface area contributed by atoms with Crippen molar-refractivity contribution in [3.8, 4) is 0 Å². The molecule has 4 heteroatoms. The van der Waals surface area contributed by atoms with Gasteiger partial charge in [0.2, 0.25) is 0 Å². The second-order valence-corrected chi connectivity index (χ2v) is 2.93. The Bertz CT molecular complexity index is 392. The summed E-state index contributed by atoms with van der Waals surface area (Å²) in [4.78, 5) is 14.9. The number of amides is 1. The van der Waals surface area contributed by atoms with E-state index in [1.807, 2.05) is 0 Å². The van der Waals surface area contributed by atoms with E-state index in [-0.39, 0.29) is 16.6 Å². The molecule has 2 N–H and O–H groups in total. The van der Waals surface area contributed by atoms with Crippen molar-refractivity contribution in [2.75, 3.05) is 0 Å². The summed E-state index contributed by atoms with van der Waals surface area (Å²) >= 11 is 3.06. The number of hydrogen-bond donors (Lipinski definition) is 1. The highest BCUT2D eigenvalue weighted by atomic mass is 79.9. The van der Waals surface area contributed by atoms with Crippen LogP contribution in [0.5, 0.6) is 0 Å². The summed E-state index contributed by atoms with van der Waals surface area (Å²) in [5.41, 5.74) is 5.65. The van der Waals surface area contributed by atoms with Crippen LogP contribution in [0.25, 0.3) is 0 Å². The van der Waals surface area contributed by atoms with Crippen LogP contribution in [0.2, 0.25) is 0 Å². The van der Waals surface area contributed by atoms with E-state index < -0.39 is 12.8 Å². The van der Waals surface area contributed by atoms with Gasteiger partial charge in [-0.2, -0.15) is 0 Å². The van der Waals surface area contributed by atoms with E-state index in [0.717, 1.165) is 0 Å². The van der Waals surface area contributed by atoms with Gasteiger partial charge >= 0.3 is 0 Å². The number of primary amides is 1. The van der Waals surface area contributed by atoms with Crippen LogP contribution in [0.4, 0.5) is 0 Å². The summed E-state index contributed by atoms with van der Waals surface area (Å²) in [6.07, 6.45) is 1.23. The van der Waals surface area contributed by atoms with Crippen LogP contribution in [0, 0.1) is 0 Å². The van der Waals surface area contributed by atoms with Crippen LogP contribution < -0.4 is 5.73 Å². The summed E-state index contributed by atoms with van der Waals surface area (Å²) < 4.78 is 21.6. The van der Waals surface area contributed by atoms with Crippen LogP contribution in [-0.2, 0) is 6.42 Å². The average Bonchev–Trinajstić information content (AvgIpc) is 1.99. The van der Waals surface area contributed by atoms with Gasteiger partial charge in [0, 0.05) is 10.3 Å². The molecule has 1 rings (SSSR count). The van der Waals surface area contributed by atoms with Crippen LogP contribution in [0.15, 0.2) is 16.9 Å². The summed E-state index contributed by atoms with van der Waals surface area (Å²) in [6.45, 7) is -2.13. The highest BCUT2D eigenvalue weighted by molar-refractivity contribution is 9.10. The summed E-state index contributed by atoms with van der Waals surface area (Å²) in [6, 6.07) is 1.48. The molecule has 0 saturated carbocycles. The van der Waals surface area contributed by atoms with Crippen molar-refractivity contribution in [1.29, 1.82) is 0 Å². The fourth-order valence-corrected chi connectivity index (χ4v) is 1.45. The minimum atomic E-state index is -2.13. The van der Waals surface area contributed by atoms with E-state index in [0.29, 0.717) is 5.56 Å². The van der Waals surface area contributed by atoms with Gasteiger partial charge in [0.05, 0.1) is 5.56 Å². The Labute approximate surface area is 83.3 Å². The molecule has 1 aromatic rings. The molecular weight excluding hydrogens is 220 g/mol. The second-order valence-electron chi connectivity index (χ2n) is 2.18. The van der Waals surface area contributed by atoms with Crippen molar-refractivity contribution in [2.24, 2.45) is 5.73 Å². The number of carbonyl (C=O) groups is 1. The van der Waals surface area contributed by atoms with Crippen LogP contribution in [-0.4, -0.2) is 10.9 Å². The molecule has 0 spiro atoms. The van der Waals surface area contributed by atoms with Crippen LogP contribution in [0.1, 0.15) is 26.9 Å². The Morgan fingerprint density at radius 2 is 2.67 bits per heavy atom. The van der Waals surface area contributed by atoms with E-state index in [4.69, 9.17) is 9.85 Å². The van der Waals surface area contributed by atoms with Gasteiger partial charge in [-0.05, 0) is 34.0 Å². The minimum absolute atomic E-state index is 0.133.